The van der Waals surface area contributed by atoms with Crippen LogP contribution in [0.3, 0.4) is 0 Å². The Hall–Kier alpha value is -2.32. The second kappa shape index (κ2) is 13.3. The molecule has 8 nitrogen and oxygen atoms in total. The minimum Gasteiger partial charge on any atom is -0.492 e. The van der Waals surface area contributed by atoms with Gasteiger partial charge in [0.15, 0.2) is 5.96 Å². The zero-order chi connectivity index (χ0) is 22.6. The van der Waals surface area contributed by atoms with Gasteiger partial charge in [-0.3, -0.25) is 9.69 Å². The number of piperidine rings is 1. The lowest BCUT2D eigenvalue weighted by atomic mass is 9.98. The summed E-state index contributed by atoms with van der Waals surface area (Å²) in [5, 5.41) is 3.38. The van der Waals surface area contributed by atoms with Gasteiger partial charge in [-0.15, -0.1) is 0 Å². The molecule has 1 aromatic rings. The number of nitrogens with one attached hydrogen (secondary N) is 1. The third-order valence-electron chi connectivity index (χ3n) is 5.82. The van der Waals surface area contributed by atoms with Crippen molar-refractivity contribution in [3.63, 3.8) is 0 Å². The van der Waals surface area contributed by atoms with E-state index in [1.807, 2.05) is 25.1 Å². The van der Waals surface area contributed by atoms with Gasteiger partial charge in [0.25, 0.3) is 0 Å². The first kappa shape index (κ1) is 24.3. The molecule has 2 heterocycles. The van der Waals surface area contributed by atoms with Crippen LogP contribution in [0.1, 0.15) is 32.3 Å². The first-order valence-electron chi connectivity index (χ1n) is 11.9. The fourth-order valence-corrected chi connectivity index (χ4v) is 4.09. The number of likely N-dealkylation sites (tertiary alicyclic amines) is 1. The molecule has 1 atom stereocenters. The molecule has 2 aliphatic rings. The van der Waals surface area contributed by atoms with Crippen molar-refractivity contribution >= 4 is 11.9 Å². The predicted octanol–water partition coefficient (Wildman–Crippen LogP) is 2.14. The van der Waals surface area contributed by atoms with Gasteiger partial charge in [-0.2, -0.15) is 0 Å². The number of hydrogen-bond acceptors (Lipinski definition) is 6. The molecule has 2 saturated heterocycles. The maximum Gasteiger partial charge on any atom is 0.310 e. The SMILES string of the molecule is CCNC(=NCc1ccccc1OCCN1CCOCC1)N1CCCC(C(=O)OCC)C1. The zero-order valence-corrected chi connectivity index (χ0v) is 19.6. The molecule has 1 N–H and O–H groups in total. The number of nitrogens with zero attached hydrogens (tertiary/aromatic N) is 3. The zero-order valence-electron chi connectivity index (χ0n) is 19.6. The lowest BCUT2D eigenvalue weighted by Gasteiger charge is -2.34. The summed E-state index contributed by atoms with van der Waals surface area (Å²) < 4.78 is 16.8. The van der Waals surface area contributed by atoms with E-state index in [1.54, 1.807) is 0 Å². The summed E-state index contributed by atoms with van der Waals surface area (Å²) in [4.78, 5) is 21.6. The number of ether oxygens (including phenoxy) is 3. The molecule has 3 rings (SSSR count). The minimum absolute atomic E-state index is 0.0941. The first-order chi connectivity index (χ1) is 15.7. The van der Waals surface area contributed by atoms with Crippen molar-refractivity contribution in [3.8, 4) is 5.75 Å². The van der Waals surface area contributed by atoms with Gasteiger partial charge in [0.2, 0.25) is 0 Å². The van der Waals surface area contributed by atoms with Crippen molar-refractivity contribution in [2.75, 3.05) is 65.7 Å². The highest BCUT2D eigenvalue weighted by molar-refractivity contribution is 5.81. The molecule has 0 aliphatic carbocycles. The standard InChI is InChI=1S/C24H38N4O4/c1-3-25-24(28-11-7-9-21(19-28)23(29)31-4-2)26-18-20-8-5-6-10-22(20)32-17-14-27-12-15-30-16-13-27/h5-6,8,10,21H,3-4,7,9,11-19H2,1-2H3,(H,25,26). The van der Waals surface area contributed by atoms with E-state index in [1.165, 1.54) is 0 Å². The Morgan fingerprint density at radius 2 is 2.03 bits per heavy atom. The van der Waals surface area contributed by atoms with Crippen LogP contribution in [0.4, 0.5) is 0 Å². The molecule has 32 heavy (non-hydrogen) atoms. The molecule has 8 heteroatoms. The number of esters is 1. The highest BCUT2D eigenvalue weighted by atomic mass is 16.5. The molecule has 0 spiro atoms. The Labute approximate surface area is 191 Å². The molecule has 0 saturated carbocycles. The number of rotatable bonds is 9. The Bertz CT molecular complexity index is 736. The van der Waals surface area contributed by atoms with Crippen LogP contribution in [0.15, 0.2) is 29.3 Å². The fraction of sp³-hybridized carbons (Fsp3) is 0.667. The van der Waals surface area contributed by atoms with Crippen LogP contribution >= 0.6 is 0 Å². The van der Waals surface area contributed by atoms with E-state index < -0.39 is 0 Å². The van der Waals surface area contributed by atoms with E-state index in [4.69, 9.17) is 19.2 Å². The van der Waals surface area contributed by atoms with E-state index in [0.29, 0.717) is 26.3 Å². The minimum atomic E-state index is -0.105. The summed E-state index contributed by atoms with van der Waals surface area (Å²) in [6.07, 6.45) is 1.82. The molecular weight excluding hydrogens is 408 g/mol. The van der Waals surface area contributed by atoms with Crippen molar-refractivity contribution in [1.29, 1.82) is 0 Å². The van der Waals surface area contributed by atoms with E-state index in [0.717, 1.165) is 76.1 Å². The number of aliphatic imine (C=N–C) groups is 1. The summed E-state index contributed by atoms with van der Waals surface area (Å²) in [6, 6.07) is 8.09. The Morgan fingerprint density at radius 1 is 1.22 bits per heavy atom. The smallest absolute Gasteiger partial charge is 0.310 e. The largest absolute Gasteiger partial charge is 0.492 e. The second-order valence-corrected chi connectivity index (χ2v) is 8.12. The van der Waals surface area contributed by atoms with E-state index in [2.05, 4.69) is 28.1 Å². The number of carbonyl (C=O) groups is 1. The predicted molar refractivity (Wildman–Crippen MR) is 125 cm³/mol. The Morgan fingerprint density at radius 3 is 2.81 bits per heavy atom. The van der Waals surface area contributed by atoms with Crippen LogP contribution in [-0.2, 0) is 20.8 Å². The summed E-state index contributed by atoms with van der Waals surface area (Å²) in [5.74, 6) is 1.52. The molecule has 178 valence electrons. The van der Waals surface area contributed by atoms with E-state index in [9.17, 15) is 4.79 Å². The molecule has 0 radical (unpaired) electrons. The molecule has 1 unspecified atom stereocenters. The van der Waals surface area contributed by atoms with Gasteiger partial charge in [0.1, 0.15) is 12.4 Å². The quantitative estimate of drug-likeness (QED) is 0.354. The van der Waals surface area contributed by atoms with Crippen LogP contribution in [0.25, 0.3) is 0 Å². The van der Waals surface area contributed by atoms with E-state index >= 15 is 0 Å². The normalized spacial score (nSPS) is 20.1. The number of carbonyl (C=O) groups excluding carboxylic acids is 1. The lowest BCUT2D eigenvalue weighted by Crippen LogP contribution is -2.48. The average Bonchev–Trinajstić information content (AvgIpc) is 2.83. The molecule has 0 aromatic heterocycles. The van der Waals surface area contributed by atoms with Gasteiger partial charge in [-0.25, -0.2) is 4.99 Å². The number of hydrogen-bond donors (Lipinski definition) is 1. The Kier molecular flexibility index (Phi) is 10.1. The second-order valence-electron chi connectivity index (χ2n) is 8.12. The maximum atomic E-state index is 12.2. The van der Waals surface area contributed by atoms with Crippen LogP contribution in [-0.4, -0.2) is 87.4 Å². The van der Waals surface area contributed by atoms with Gasteiger partial charge in [-0.05, 0) is 32.8 Å². The van der Waals surface area contributed by atoms with E-state index in [-0.39, 0.29) is 11.9 Å². The van der Waals surface area contributed by atoms with Gasteiger partial charge in [0, 0.05) is 44.8 Å². The maximum absolute atomic E-state index is 12.2. The van der Waals surface area contributed by atoms with Crippen LogP contribution in [0.2, 0.25) is 0 Å². The van der Waals surface area contributed by atoms with Crippen molar-refractivity contribution < 1.29 is 19.0 Å². The monoisotopic (exact) mass is 446 g/mol. The molecule has 1 aromatic carbocycles. The lowest BCUT2D eigenvalue weighted by molar-refractivity contribution is -0.149. The van der Waals surface area contributed by atoms with Gasteiger partial charge < -0.3 is 24.4 Å². The highest BCUT2D eigenvalue weighted by Gasteiger charge is 2.28. The van der Waals surface area contributed by atoms with Crippen molar-refractivity contribution in [2.45, 2.75) is 33.2 Å². The van der Waals surface area contributed by atoms with Gasteiger partial charge in [-0.1, -0.05) is 18.2 Å². The Balaban J connectivity index is 1.60. The average molecular weight is 447 g/mol. The summed E-state index contributed by atoms with van der Waals surface area (Å²) in [7, 11) is 0. The molecular formula is C24H38N4O4. The summed E-state index contributed by atoms with van der Waals surface area (Å²) >= 11 is 0. The van der Waals surface area contributed by atoms with Crippen LogP contribution in [0, 0.1) is 5.92 Å². The first-order valence-corrected chi connectivity index (χ1v) is 11.9. The highest BCUT2D eigenvalue weighted by Crippen LogP contribution is 2.21. The van der Waals surface area contributed by atoms with Crippen LogP contribution < -0.4 is 10.1 Å². The van der Waals surface area contributed by atoms with Crippen LogP contribution in [0.5, 0.6) is 5.75 Å². The number of benzene rings is 1. The molecule has 2 fully saturated rings. The summed E-state index contributed by atoms with van der Waals surface area (Å²) in [6.45, 7) is 12.2. The van der Waals surface area contributed by atoms with Gasteiger partial charge in [0.05, 0.1) is 32.3 Å². The van der Waals surface area contributed by atoms with Crippen molar-refractivity contribution in [1.82, 2.24) is 15.1 Å². The van der Waals surface area contributed by atoms with Gasteiger partial charge >= 0.3 is 5.97 Å². The summed E-state index contributed by atoms with van der Waals surface area (Å²) in [5.41, 5.74) is 1.06. The number of morpholine rings is 1. The fourth-order valence-electron chi connectivity index (χ4n) is 4.09. The molecule has 2 aliphatic heterocycles. The number of guanidine groups is 1. The molecule has 0 bridgehead atoms. The van der Waals surface area contributed by atoms with Crippen molar-refractivity contribution in [2.24, 2.45) is 10.9 Å². The number of para-hydroxylation sites is 1. The van der Waals surface area contributed by atoms with Crippen molar-refractivity contribution in [3.05, 3.63) is 29.8 Å². The topological polar surface area (TPSA) is 75.6 Å². The molecule has 0 amide bonds. The third kappa shape index (κ3) is 7.38. The third-order valence-corrected chi connectivity index (χ3v) is 5.82.